The van der Waals surface area contributed by atoms with E-state index in [0.717, 1.165) is 30.6 Å². The van der Waals surface area contributed by atoms with Crippen molar-refractivity contribution in [2.24, 2.45) is 0 Å². The van der Waals surface area contributed by atoms with E-state index in [1.807, 2.05) is 18.2 Å². The van der Waals surface area contributed by atoms with Crippen molar-refractivity contribution >= 4 is 21.5 Å². The second kappa shape index (κ2) is 8.11. The molecule has 0 saturated heterocycles. The van der Waals surface area contributed by atoms with Crippen molar-refractivity contribution in [3.05, 3.63) is 47.7 Å². The SMILES string of the molecule is CN(c1ccc(NS(=O)(=O)c2ccc3c(c2)CCCC3)cn1)C1CCCCC1. The highest BCUT2D eigenvalue weighted by molar-refractivity contribution is 7.92. The summed E-state index contributed by atoms with van der Waals surface area (Å²) < 4.78 is 28.3. The molecule has 0 aliphatic heterocycles. The van der Waals surface area contributed by atoms with E-state index >= 15 is 0 Å². The van der Waals surface area contributed by atoms with E-state index in [2.05, 4.69) is 21.7 Å². The van der Waals surface area contributed by atoms with Gasteiger partial charge in [0.2, 0.25) is 0 Å². The van der Waals surface area contributed by atoms with Crippen molar-refractivity contribution in [3.8, 4) is 0 Å². The summed E-state index contributed by atoms with van der Waals surface area (Å²) in [5.74, 6) is 0.892. The largest absolute Gasteiger partial charge is 0.357 e. The molecule has 1 fully saturated rings. The maximum atomic E-state index is 12.8. The molecule has 28 heavy (non-hydrogen) atoms. The number of hydrogen-bond acceptors (Lipinski definition) is 4. The number of nitrogens with one attached hydrogen (secondary N) is 1. The molecule has 2 aliphatic carbocycles. The van der Waals surface area contributed by atoms with Gasteiger partial charge in [-0.05, 0) is 73.9 Å². The molecule has 1 saturated carbocycles. The van der Waals surface area contributed by atoms with Crippen molar-refractivity contribution in [1.29, 1.82) is 0 Å². The van der Waals surface area contributed by atoms with Gasteiger partial charge in [0, 0.05) is 13.1 Å². The highest BCUT2D eigenvalue weighted by atomic mass is 32.2. The maximum absolute atomic E-state index is 12.8. The Morgan fingerprint density at radius 1 is 0.964 bits per heavy atom. The van der Waals surface area contributed by atoms with Gasteiger partial charge in [-0.3, -0.25) is 4.72 Å². The number of pyridine rings is 1. The van der Waals surface area contributed by atoms with Crippen molar-refractivity contribution < 1.29 is 8.42 Å². The molecule has 0 radical (unpaired) electrons. The van der Waals surface area contributed by atoms with Gasteiger partial charge < -0.3 is 4.90 Å². The third kappa shape index (κ3) is 4.17. The minimum Gasteiger partial charge on any atom is -0.357 e. The molecule has 1 aromatic carbocycles. The first kappa shape index (κ1) is 19.2. The predicted octanol–water partition coefficient (Wildman–Crippen LogP) is 4.53. The van der Waals surface area contributed by atoms with Gasteiger partial charge in [0.25, 0.3) is 10.0 Å². The molecule has 0 spiro atoms. The fraction of sp³-hybridized carbons (Fsp3) is 0.500. The standard InChI is InChI=1S/C22H29N3O2S/c1-25(20-9-3-2-4-10-20)22-14-12-19(16-23-22)24-28(26,27)21-13-11-17-7-5-6-8-18(17)15-21/h11-16,20,24H,2-10H2,1H3. The van der Waals surface area contributed by atoms with Crippen molar-refractivity contribution in [3.63, 3.8) is 0 Å². The summed E-state index contributed by atoms with van der Waals surface area (Å²) in [6.45, 7) is 0. The monoisotopic (exact) mass is 399 g/mol. The molecular weight excluding hydrogens is 370 g/mol. The fourth-order valence-electron chi connectivity index (χ4n) is 4.40. The van der Waals surface area contributed by atoms with Gasteiger partial charge in [0.15, 0.2) is 0 Å². The summed E-state index contributed by atoms with van der Waals surface area (Å²) in [6, 6.07) is 9.74. The van der Waals surface area contributed by atoms with Crippen LogP contribution < -0.4 is 9.62 Å². The first-order valence-corrected chi connectivity index (χ1v) is 11.8. The zero-order chi connectivity index (χ0) is 19.6. The fourth-order valence-corrected chi connectivity index (χ4v) is 5.50. The number of benzene rings is 1. The minimum absolute atomic E-state index is 0.330. The average molecular weight is 400 g/mol. The van der Waals surface area contributed by atoms with E-state index < -0.39 is 10.0 Å². The van der Waals surface area contributed by atoms with Crippen LogP contribution in [0.5, 0.6) is 0 Å². The summed E-state index contributed by atoms with van der Waals surface area (Å²) in [4.78, 5) is 7.05. The number of anilines is 2. The summed E-state index contributed by atoms with van der Waals surface area (Å²) in [7, 11) is -1.53. The summed E-state index contributed by atoms with van der Waals surface area (Å²) in [6.07, 6.45) is 12.2. The number of hydrogen-bond donors (Lipinski definition) is 1. The smallest absolute Gasteiger partial charge is 0.261 e. The van der Waals surface area contributed by atoms with E-state index in [1.165, 1.54) is 44.1 Å². The lowest BCUT2D eigenvalue weighted by Crippen LogP contribution is -2.33. The van der Waals surface area contributed by atoms with E-state index in [9.17, 15) is 8.42 Å². The lowest BCUT2D eigenvalue weighted by molar-refractivity contribution is 0.426. The van der Waals surface area contributed by atoms with E-state index in [0.29, 0.717) is 16.6 Å². The van der Waals surface area contributed by atoms with Gasteiger partial charge in [0.1, 0.15) is 5.82 Å². The van der Waals surface area contributed by atoms with Gasteiger partial charge in [-0.15, -0.1) is 0 Å². The molecule has 0 bridgehead atoms. The molecule has 5 nitrogen and oxygen atoms in total. The van der Waals surface area contributed by atoms with Gasteiger partial charge in [-0.1, -0.05) is 25.3 Å². The zero-order valence-electron chi connectivity index (χ0n) is 16.5. The summed E-state index contributed by atoms with van der Waals surface area (Å²) in [5.41, 5.74) is 2.94. The molecule has 0 amide bonds. The van der Waals surface area contributed by atoms with Crippen LogP contribution in [0.1, 0.15) is 56.1 Å². The molecule has 1 aromatic heterocycles. The first-order chi connectivity index (χ1) is 13.5. The first-order valence-electron chi connectivity index (χ1n) is 10.4. The van der Waals surface area contributed by atoms with Crippen molar-refractivity contribution in [1.82, 2.24) is 4.98 Å². The molecular formula is C22H29N3O2S. The van der Waals surface area contributed by atoms with E-state index in [1.54, 1.807) is 18.3 Å². The lowest BCUT2D eigenvalue weighted by atomic mass is 9.92. The van der Waals surface area contributed by atoms with Crippen LogP contribution in [0.4, 0.5) is 11.5 Å². The highest BCUT2D eigenvalue weighted by Crippen LogP contribution is 2.27. The topological polar surface area (TPSA) is 62.3 Å². The second-order valence-electron chi connectivity index (χ2n) is 8.05. The maximum Gasteiger partial charge on any atom is 0.261 e. The molecule has 2 aromatic rings. The number of sulfonamides is 1. The van der Waals surface area contributed by atoms with Gasteiger partial charge in [-0.25, -0.2) is 13.4 Å². The minimum atomic E-state index is -3.60. The van der Waals surface area contributed by atoms with Crippen molar-refractivity contribution in [2.75, 3.05) is 16.7 Å². The van der Waals surface area contributed by atoms with Crippen LogP contribution in [-0.2, 0) is 22.9 Å². The van der Waals surface area contributed by atoms with Gasteiger partial charge in [0.05, 0.1) is 16.8 Å². The molecule has 1 heterocycles. The van der Waals surface area contributed by atoms with Crippen LogP contribution >= 0.6 is 0 Å². The van der Waals surface area contributed by atoms with Crippen LogP contribution in [-0.4, -0.2) is 26.5 Å². The number of aryl methyl sites for hydroxylation is 2. The Bertz CT molecular complexity index is 919. The third-order valence-electron chi connectivity index (χ3n) is 6.11. The van der Waals surface area contributed by atoms with Gasteiger partial charge >= 0.3 is 0 Å². The van der Waals surface area contributed by atoms with Crippen LogP contribution in [0.2, 0.25) is 0 Å². The Hall–Kier alpha value is -2.08. The molecule has 1 N–H and O–H groups in total. The Morgan fingerprint density at radius 2 is 1.71 bits per heavy atom. The number of nitrogens with zero attached hydrogens (tertiary/aromatic N) is 2. The van der Waals surface area contributed by atoms with E-state index in [-0.39, 0.29) is 0 Å². The Morgan fingerprint density at radius 3 is 2.43 bits per heavy atom. The number of fused-ring (bicyclic) bond motifs is 1. The quantitative estimate of drug-likeness (QED) is 0.802. The van der Waals surface area contributed by atoms with E-state index in [4.69, 9.17) is 0 Å². The summed E-state index contributed by atoms with van der Waals surface area (Å²) in [5, 5.41) is 0. The summed E-state index contributed by atoms with van der Waals surface area (Å²) >= 11 is 0. The molecule has 0 unspecified atom stereocenters. The number of aromatic nitrogens is 1. The highest BCUT2D eigenvalue weighted by Gasteiger charge is 2.20. The normalized spacial score (nSPS) is 17.8. The van der Waals surface area contributed by atoms with Gasteiger partial charge in [-0.2, -0.15) is 0 Å². The van der Waals surface area contributed by atoms with Crippen LogP contribution in [0, 0.1) is 0 Å². The van der Waals surface area contributed by atoms with Crippen LogP contribution in [0.3, 0.4) is 0 Å². The number of rotatable bonds is 5. The second-order valence-corrected chi connectivity index (χ2v) is 9.73. The Labute approximate surface area is 168 Å². The molecule has 6 heteroatoms. The molecule has 0 atom stereocenters. The average Bonchev–Trinajstić information content (AvgIpc) is 2.74. The Balaban J connectivity index is 1.47. The zero-order valence-corrected chi connectivity index (χ0v) is 17.3. The van der Waals surface area contributed by atoms with Crippen LogP contribution in [0.15, 0.2) is 41.4 Å². The van der Waals surface area contributed by atoms with Crippen molar-refractivity contribution in [2.45, 2.75) is 68.7 Å². The lowest BCUT2D eigenvalue weighted by Gasteiger charge is -2.32. The van der Waals surface area contributed by atoms with Crippen LogP contribution in [0.25, 0.3) is 0 Å². The molecule has 2 aliphatic rings. The predicted molar refractivity (Wildman–Crippen MR) is 113 cm³/mol. The molecule has 4 rings (SSSR count). The Kier molecular flexibility index (Phi) is 5.58. The third-order valence-corrected chi connectivity index (χ3v) is 7.49. The molecule has 150 valence electrons.